The van der Waals surface area contributed by atoms with E-state index in [1.54, 1.807) is 20.8 Å². The van der Waals surface area contributed by atoms with E-state index in [1.807, 2.05) is 0 Å². The molecule has 1 fully saturated rings. The number of amides is 1. The van der Waals surface area contributed by atoms with Crippen LogP contribution in [0.3, 0.4) is 0 Å². The van der Waals surface area contributed by atoms with Crippen molar-refractivity contribution in [3.63, 3.8) is 0 Å². The standard InChI is InChI=1S/C22H31N3O4S/c1-16-6-5-7-17(14-16)15-25-12-10-18(11-13-25)23-21(26)19-8-9-20(29-19)30(27,28)24-22(2,3)4/h5-9,14,18,24H,10-13,15H2,1-4H3,(H,23,26). The Morgan fingerprint density at radius 3 is 2.50 bits per heavy atom. The first-order chi connectivity index (χ1) is 14.0. The van der Waals surface area contributed by atoms with Crippen molar-refractivity contribution < 1.29 is 17.6 Å². The lowest BCUT2D eigenvalue weighted by Gasteiger charge is -2.32. The number of hydrogen-bond donors (Lipinski definition) is 2. The van der Waals surface area contributed by atoms with E-state index in [1.165, 1.54) is 23.3 Å². The molecule has 1 aliphatic heterocycles. The van der Waals surface area contributed by atoms with Gasteiger partial charge in [-0.3, -0.25) is 9.69 Å². The number of nitrogens with one attached hydrogen (secondary N) is 2. The van der Waals surface area contributed by atoms with Crippen LogP contribution in [0.25, 0.3) is 0 Å². The number of carbonyl (C=O) groups is 1. The number of sulfonamides is 1. The molecule has 0 spiro atoms. The number of nitrogens with zero attached hydrogens (tertiary/aromatic N) is 1. The van der Waals surface area contributed by atoms with Crippen LogP contribution in [0.2, 0.25) is 0 Å². The maximum absolute atomic E-state index is 12.5. The van der Waals surface area contributed by atoms with E-state index >= 15 is 0 Å². The number of likely N-dealkylation sites (tertiary alicyclic amines) is 1. The van der Waals surface area contributed by atoms with Crippen LogP contribution >= 0.6 is 0 Å². The Balaban J connectivity index is 1.52. The molecule has 7 nitrogen and oxygen atoms in total. The summed E-state index contributed by atoms with van der Waals surface area (Å²) in [5.74, 6) is -0.379. The predicted molar refractivity (Wildman–Crippen MR) is 116 cm³/mol. The van der Waals surface area contributed by atoms with Crippen LogP contribution in [0, 0.1) is 6.92 Å². The summed E-state index contributed by atoms with van der Waals surface area (Å²) in [6, 6.07) is 11.3. The van der Waals surface area contributed by atoms with Gasteiger partial charge in [-0.05, 0) is 58.2 Å². The maximum Gasteiger partial charge on any atom is 0.287 e. The van der Waals surface area contributed by atoms with Crippen LogP contribution in [0.5, 0.6) is 0 Å². The van der Waals surface area contributed by atoms with Gasteiger partial charge in [0, 0.05) is 31.2 Å². The monoisotopic (exact) mass is 433 g/mol. The molecule has 1 aromatic heterocycles. The highest BCUT2D eigenvalue weighted by Gasteiger charge is 2.27. The molecule has 0 bridgehead atoms. The fourth-order valence-corrected chi connectivity index (χ4v) is 4.95. The normalized spacial score (nSPS) is 16.5. The van der Waals surface area contributed by atoms with Gasteiger partial charge in [0.1, 0.15) is 0 Å². The molecular weight excluding hydrogens is 402 g/mol. The van der Waals surface area contributed by atoms with E-state index in [0.717, 1.165) is 32.5 Å². The number of carbonyl (C=O) groups excluding carboxylic acids is 1. The average molecular weight is 434 g/mol. The van der Waals surface area contributed by atoms with Crippen LogP contribution in [-0.4, -0.2) is 43.9 Å². The summed E-state index contributed by atoms with van der Waals surface area (Å²) in [6.45, 7) is 10.0. The van der Waals surface area contributed by atoms with Crippen LogP contribution in [0.15, 0.2) is 45.9 Å². The summed E-state index contributed by atoms with van der Waals surface area (Å²) in [5, 5.41) is 2.71. The summed E-state index contributed by atoms with van der Waals surface area (Å²) in [6.07, 6.45) is 1.68. The first kappa shape index (κ1) is 22.5. The van der Waals surface area contributed by atoms with Crippen molar-refractivity contribution in [2.75, 3.05) is 13.1 Å². The van der Waals surface area contributed by atoms with Crippen molar-refractivity contribution in [3.8, 4) is 0 Å². The summed E-state index contributed by atoms with van der Waals surface area (Å²) in [4.78, 5) is 14.9. The Morgan fingerprint density at radius 1 is 1.17 bits per heavy atom. The lowest BCUT2D eigenvalue weighted by molar-refractivity contribution is 0.0875. The SMILES string of the molecule is Cc1cccc(CN2CCC(NC(=O)c3ccc(S(=O)(=O)NC(C)(C)C)o3)CC2)c1. The van der Waals surface area contributed by atoms with E-state index in [0.29, 0.717) is 0 Å². The van der Waals surface area contributed by atoms with Crippen LogP contribution < -0.4 is 10.0 Å². The third-order valence-electron chi connectivity index (χ3n) is 4.92. The van der Waals surface area contributed by atoms with Crippen molar-refractivity contribution in [1.82, 2.24) is 14.9 Å². The van der Waals surface area contributed by atoms with Crippen molar-refractivity contribution in [1.29, 1.82) is 0 Å². The van der Waals surface area contributed by atoms with E-state index in [9.17, 15) is 13.2 Å². The number of aryl methyl sites for hydroxylation is 1. The molecule has 1 saturated heterocycles. The molecule has 8 heteroatoms. The van der Waals surface area contributed by atoms with E-state index in [4.69, 9.17) is 4.42 Å². The summed E-state index contributed by atoms with van der Waals surface area (Å²) >= 11 is 0. The van der Waals surface area contributed by atoms with Gasteiger partial charge in [0.25, 0.3) is 15.9 Å². The summed E-state index contributed by atoms with van der Waals surface area (Å²) in [7, 11) is -3.81. The highest BCUT2D eigenvalue weighted by molar-refractivity contribution is 7.89. The first-order valence-corrected chi connectivity index (χ1v) is 11.7. The Hall–Kier alpha value is -2.16. The number of rotatable bonds is 6. The fraction of sp³-hybridized carbons (Fsp3) is 0.500. The average Bonchev–Trinajstić information content (AvgIpc) is 3.13. The Kier molecular flexibility index (Phi) is 6.69. The second-order valence-corrected chi connectivity index (χ2v) is 10.6. The smallest absolute Gasteiger partial charge is 0.287 e. The molecule has 0 atom stereocenters. The van der Waals surface area contributed by atoms with Crippen molar-refractivity contribution in [2.45, 2.75) is 63.8 Å². The molecule has 3 rings (SSSR count). The van der Waals surface area contributed by atoms with Crippen LogP contribution in [0.1, 0.15) is 55.3 Å². The largest absolute Gasteiger partial charge is 0.438 e. The van der Waals surface area contributed by atoms with Gasteiger partial charge in [-0.1, -0.05) is 29.8 Å². The minimum atomic E-state index is -3.81. The lowest BCUT2D eigenvalue weighted by Crippen LogP contribution is -2.44. The zero-order valence-electron chi connectivity index (χ0n) is 18.1. The van der Waals surface area contributed by atoms with Gasteiger partial charge in [0.15, 0.2) is 5.76 Å². The zero-order valence-corrected chi connectivity index (χ0v) is 18.9. The van der Waals surface area contributed by atoms with E-state index in [2.05, 4.69) is 46.1 Å². The predicted octanol–water partition coefficient (Wildman–Crippen LogP) is 3.06. The zero-order chi connectivity index (χ0) is 21.9. The molecule has 0 aliphatic carbocycles. The number of piperidine rings is 1. The van der Waals surface area contributed by atoms with Gasteiger partial charge in [-0.2, -0.15) is 0 Å². The third-order valence-corrected chi connectivity index (χ3v) is 6.55. The maximum atomic E-state index is 12.5. The molecule has 0 unspecified atom stereocenters. The fourth-order valence-electron chi connectivity index (χ4n) is 3.60. The molecule has 1 aromatic carbocycles. The number of hydrogen-bond acceptors (Lipinski definition) is 5. The molecule has 2 N–H and O–H groups in total. The molecule has 164 valence electrons. The first-order valence-electron chi connectivity index (χ1n) is 10.2. The van der Waals surface area contributed by atoms with Crippen molar-refractivity contribution in [2.24, 2.45) is 0 Å². The Morgan fingerprint density at radius 2 is 1.87 bits per heavy atom. The topological polar surface area (TPSA) is 91.7 Å². The van der Waals surface area contributed by atoms with Gasteiger partial charge in [-0.15, -0.1) is 0 Å². The molecule has 2 aromatic rings. The summed E-state index contributed by atoms with van der Waals surface area (Å²) in [5.41, 5.74) is 1.92. The molecule has 0 saturated carbocycles. The third kappa shape index (κ3) is 6.17. The number of furan rings is 1. The van der Waals surface area contributed by atoms with Gasteiger partial charge < -0.3 is 9.73 Å². The van der Waals surface area contributed by atoms with Crippen LogP contribution in [-0.2, 0) is 16.6 Å². The van der Waals surface area contributed by atoms with Gasteiger partial charge in [0.2, 0.25) is 5.09 Å². The van der Waals surface area contributed by atoms with Crippen molar-refractivity contribution in [3.05, 3.63) is 53.3 Å². The molecule has 30 heavy (non-hydrogen) atoms. The second kappa shape index (κ2) is 8.91. The van der Waals surface area contributed by atoms with E-state index in [-0.39, 0.29) is 22.8 Å². The van der Waals surface area contributed by atoms with E-state index < -0.39 is 15.6 Å². The molecule has 1 amide bonds. The summed E-state index contributed by atoms with van der Waals surface area (Å²) < 4.78 is 32.5. The Labute approximate surface area is 178 Å². The molecule has 0 radical (unpaired) electrons. The second-order valence-electron chi connectivity index (χ2n) is 8.99. The van der Waals surface area contributed by atoms with Gasteiger partial charge >= 0.3 is 0 Å². The molecular formula is C22H31N3O4S. The lowest BCUT2D eigenvalue weighted by atomic mass is 10.0. The number of benzene rings is 1. The van der Waals surface area contributed by atoms with Gasteiger partial charge in [-0.25, -0.2) is 13.1 Å². The quantitative estimate of drug-likeness (QED) is 0.731. The molecule has 2 heterocycles. The highest BCUT2D eigenvalue weighted by Crippen LogP contribution is 2.18. The van der Waals surface area contributed by atoms with Gasteiger partial charge in [0.05, 0.1) is 0 Å². The minimum absolute atomic E-state index is 0.00599. The minimum Gasteiger partial charge on any atom is -0.438 e. The highest BCUT2D eigenvalue weighted by atomic mass is 32.2. The van der Waals surface area contributed by atoms with Crippen LogP contribution in [0.4, 0.5) is 0 Å². The van der Waals surface area contributed by atoms with Crippen molar-refractivity contribution >= 4 is 15.9 Å². The molecule has 1 aliphatic rings. The Bertz CT molecular complexity index is 984.